The van der Waals surface area contributed by atoms with Crippen molar-refractivity contribution in [1.29, 1.82) is 5.26 Å². The van der Waals surface area contributed by atoms with Crippen molar-refractivity contribution in [2.45, 2.75) is 20.4 Å². The largest absolute Gasteiger partial charge is 0.380 e. The third-order valence-corrected chi connectivity index (χ3v) is 3.14. The molecule has 2 N–H and O–H groups in total. The summed E-state index contributed by atoms with van der Waals surface area (Å²) in [6, 6.07) is 15.6. The van der Waals surface area contributed by atoms with Gasteiger partial charge in [0.05, 0.1) is 11.3 Å². The Labute approximate surface area is 124 Å². The fourth-order valence-corrected chi connectivity index (χ4v) is 2.07. The predicted octanol–water partition coefficient (Wildman–Crippen LogP) is 3.44. The fourth-order valence-electron chi connectivity index (χ4n) is 2.07. The number of nitrogens with zero attached hydrogens (tertiary/aromatic N) is 1. The molecule has 0 aliphatic carbocycles. The van der Waals surface area contributed by atoms with Crippen LogP contribution in [0.3, 0.4) is 0 Å². The van der Waals surface area contributed by atoms with Crippen LogP contribution in [0.2, 0.25) is 0 Å². The van der Waals surface area contributed by atoms with E-state index in [0.29, 0.717) is 12.1 Å². The Kier molecular flexibility index (Phi) is 4.57. The molecule has 0 spiro atoms. The van der Waals surface area contributed by atoms with Crippen LogP contribution in [-0.4, -0.2) is 5.91 Å². The minimum absolute atomic E-state index is 0.0840. The highest BCUT2D eigenvalue weighted by atomic mass is 16.1. The van der Waals surface area contributed by atoms with Crippen LogP contribution in [0.5, 0.6) is 0 Å². The summed E-state index contributed by atoms with van der Waals surface area (Å²) in [7, 11) is 0. The van der Waals surface area contributed by atoms with Gasteiger partial charge in [-0.25, -0.2) is 0 Å². The van der Waals surface area contributed by atoms with Gasteiger partial charge in [-0.15, -0.1) is 0 Å². The molecule has 2 aromatic carbocycles. The van der Waals surface area contributed by atoms with Crippen molar-refractivity contribution in [2.24, 2.45) is 0 Å². The number of carbonyl (C=O) groups excluding carboxylic acids is 1. The standard InChI is InChI=1S/C17H17N3O/c1-12-4-3-5-17(16(12)10-18)19-11-14-6-8-15(9-7-14)20-13(2)21/h3-9,19H,11H2,1-2H3,(H,20,21). The van der Waals surface area contributed by atoms with Gasteiger partial charge in [-0.3, -0.25) is 4.79 Å². The highest BCUT2D eigenvalue weighted by Gasteiger charge is 2.04. The second-order valence-corrected chi connectivity index (χ2v) is 4.84. The van der Waals surface area contributed by atoms with Crippen molar-refractivity contribution in [2.75, 3.05) is 10.6 Å². The first-order chi connectivity index (χ1) is 10.1. The molecule has 2 rings (SSSR count). The van der Waals surface area contributed by atoms with Crippen LogP contribution in [0.4, 0.5) is 11.4 Å². The number of amides is 1. The molecular weight excluding hydrogens is 262 g/mol. The lowest BCUT2D eigenvalue weighted by molar-refractivity contribution is -0.114. The second-order valence-electron chi connectivity index (χ2n) is 4.84. The molecule has 0 heterocycles. The van der Waals surface area contributed by atoms with Crippen LogP contribution in [0.15, 0.2) is 42.5 Å². The van der Waals surface area contributed by atoms with E-state index < -0.39 is 0 Å². The lowest BCUT2D eigenvalue weighted by Crippen LogP contribution is -2.06. The van der Waals surface area contributed by atoms with Gasteiger partial charge in [-0.2, -0.15) is 5.26 Å². The number of nitriles is 1. The predicted molar refractivity (Wildman–Crippen MR) is 84.0 cm³/mol. The first-order valence-corrected chi connectivity index (χ1v) is 6.70. The molecule has 0 bridgehead atoms. The molecule has 0 atom stereocenters. The van der Waals surface area contributed by atoms with Crippen molar-refractivity contribution in [3.63, 3.8) is 0 Å². The van der Waals surface area contributed by atoms with Crippen LogP contribution in [-0.2, 0) is 11.3 Å². The quantitative estimate of drug-likeness (QED) is 0.901. The summed E-state index contributed by atoms with van der Waals surface area (Å²) >= 11 is 0. The van der Waals surface area contributed by atoms with Gasteiger partial charge < -0.3 is 10.6 Å². The van der Waals surface area contributed by atoms with Gasteiger partial charge in [0, 0.05) is 19.2 Å². The Bertz CT molecular complexity index is 684. The lowest BCUT2D eigenvalue weighted by Gasteiger charge is -2.10. The maximum atomic E-state index is 11.0. The van der Waals surface area contributed by atoms with E-state index in [1.807, 2.05) is 49.4 Å². The molecule has 2 aromatic rings. The SMILES string of the molecule is CC(=O)Nc1ccc(CNc2cccc(C)c2C#N)cc1. The van der Waals surface area contributed by atoms with E-state index in [1.165, 1.54) is 6.92 Å². The van der Waals surface area contributed by atoms with Crippen LogP contribution in [0.25, 0.3) is 0 Å². The number of benzene rings is 2. The van der Waals surface area contributed by atoms with Gasteiger partial charge in [0.2, 0.25) is 5.91 Å². The monoisotopic (exact) mass is 279 g/mol. The summed E-state index contributed by atoms with van der Waals surface area (Å²) in [5.41, 5.74) is 4.33. The average Bonchev–Trinajstić information content (AvgIpc) is 2.46. The van der Waals surface area contributed by atoms with Gasteiger partial charge >= 0.3 is 0 Å². The molecule has 4 nitrogen and oxygen atoms in total. The lowest BCUT2D eigenvalue weighted by atomic mass is 10.1. The van der Waals surface area contributed by atoms with Crippen LogP contribution < -0.4 is 10.6 Å². The molecule has 4 heteroatoms. The Balaban J connectivity index is 2.05. The summed E-state index contributed by atoms with van der Waals surface area (Å²) in [4.78, 5) is 11.0. The van der Waals surface area contributed by atoms with Crippen LogP contribution in [0, 0.1) is 18.3 Å². The number of hydrogen-bond donors (Lipinski definition) is 2. The molecule has 21 heavy (non-hydrogen) atoms. The Morgan fingerprint density at radius 1 is 1.19 bits per heavy atom. The molecule has 0 saturated carbocycles. The van der Waals surface area contributed by atoms with Crippen LogP contribution in [0.1, 0.15) is 23.6 Å². The number of carbonyl (C=O) groups is 1. The maximum absolute atomic E-state index is 11.0. The number of hydrogen-bond acceptors (Lipinski definition) is 3. The molecule has 106 valence electrons. The molecule has 0 unspecified atom stereocenters. The zero-order valence-electron chi connectivity index (χ0n) is 12.1. The van der Waals surface area contributed by atoms with Gasteiger partial charge in [-0.05, 0) is 36.2 Å². The van der Waals surface area contributed by atoms with Crippen molar-refractivity contribution >= 4 is 17.3 Å². The number of nitrogens with one attached hydrogen (secondary N) is 2. The molecule has 0 saturated heterocycles. The highest BCUT2D eigenvalue weighted by Crippen LogP contribution is 2.19. The molecule has 0 aliphatic rings. The van der Waals surface area contributed by atoms with E-state index in [2.05, 4.69) is 16.7 Å². The zero-order valence-corrected chi connectivity index (χ0v) is 12.1. The highest BCUT2D eigenvalue weighted by molar-refractivity contribution is 5.88. The molecule has 0 radical (unpaired) electrons. The van der Waals surface area contributed by atoms with Crippen molar-refractivity contribution in [3.8, 4) is 6.07 Å². The van der Waals surface area contributed by atoms with Gasteiger partial charge in [0.15, 0.2) is 0 Å². The molecular formula is C17H17N3O. The van der Waals surface area contributed by atoms with E-state index in [0.717, 1.165) is 22.5 Å². The third-order valence-electron chi connectivity index (χ3n) is 3.14. The normalized spacial score (nSPS) is 9.76. The maximum Gasteiger partial charge on any atom is 0.221 e. The summed E-state index contributed by atoms with van der Waals surface area (Å²) in [6.45, 7) is 4.03. The Morgan fingerprint density at radius 3 is 2.52 bits per heavy atom. The first-order valence-electron chi connectivity index (χ1n) is 6.70. The summed E-state index contributed by atoms with van der Waals surface area (Å²) in [5, 5.41) is 15.2. The van der Waals surface area contributed by atoms with Crippen LogP contribution >= 0.6 is 0 Å². The molecule has 0 aliphatic heterocycles. The van der Waals surface area contributed by atoms with Gasteiger partial charge in [-0.1, -0.05) is 24.3 Å². The Morgan fingerprint density at radius 2 is 1.90 bits per heavy atom. The molecule has 1 amide bonds. The van der Waals surface area contributed by atoms with E-state index in [9.17, 15) is 10.1 Å². The average molecular weight is 279 g/mol. The third kappa shape index (κ3) is 3.83. The number of rotatable bonds is 4. The van der Waals surface area contributed by atoms with E-state index >= 15 is 0 Å². The van der Waals surface area contributed by atoms with Crippen molar-refractivity contribution in [3.05, 3.63) is 59.2 Å². The fraction of sp³-hybridized carbons (Fsp3) is 0.176. The smallest absolute Gasteiger partial charge is 0.221 e. The van der Waals surface area contributed by atoms with Gasteiger partial charge in [0.25, 0.3) is 0 Å². The topological polar surface area (TPSA) is 64.9 Å². The molecule has 0 aromatic heterocycles. The zero-order chi connectivity index (χ0) is 15.2. The van der Waals surface area contributed by atoms with Gasteiger partial charge in [0.1, 0.15) is 6.07 Å². The number of anilines is 2. The van der Waals surface area contributed by atoms with Crippen molar-refractivity contribution < 1.29 is 4.79 Å². The van der Waals surface area contributed by atoms with Crippen molar-refractivity contribution in [1.82, 2.24) is 0 Å². The van der Waals surface area contributed by atoms with E-state index in [1.54, 1.807) is 0 Å². The second kappa shape index (κ2) is 6.58. The Hall–Kier alpha value is -2.80. The summed E-state index contributed by atoms with van der Waals surface area (Å²) in [5.74, 6) is -0.0840. The minimum Gasteiger partial charge on any atom is -0.380 e. The summed E-state index contributed by atoms with van der Waals surface area (Å²) in [6.07, 6.45) is 0. The first kappa shape index (κ1) is 14.6. The minimum atomic E-state index is -0.0840. The number of aryl methyl sites for hydroxylation is 1. The summed E-state index contributed by atoms with van der Waals surface area (Å²) < 4.78 is 0. The van der Waals surface area contributed by atoms with E-state index in [4.69, 9.17) is 0 Å². The van der Waals surface area contributed by atoms with E-state index in [-0.39, 0.29) is 5.91 Å². The molecule has 0 fully saturated rings.